The molecule has 3 N–H and O–H groups in total. The summed E-state index contributed by atoms with van der Waals surface area (Å²) in [5, 5.41) is 19.7. The maximum atomic E-state index is 11.1. The minimum Gasteiger partial charge on any atom is -0.494 e. The van der Waals surface area contributed by atoms with E-state index in [1.165, 1.54) is 6.21 Å². The Morgan fingerprint density at radius 3 is 2.67 bits per heavy atom. The lowest BCUT2D eigenvalue weighted by Crippen LogP contribution is -1.94. The van der Waals surface area contributed by atoms with Gasteiger partial charge in [-0.25, -0.2) is 4.79 Å². The molecule has 2 aromatic carbocycles. The van der Waals surface area contributed by atoms with Gasteiger partial charge in [0.05, 0.1) is 22.3 Å². The van der Waals surface area contributed by atoms with Crippen LogP contribution in [-0.4, -0.2) is 27.4 Å². The van der Waals surface area contributed by atoms with Crippen molar-refractivity contribution in [3.05, 3.63) is 59.6 Å². The van der Waals surface area contributed by atoms with Crippen LogP contribution in [0, 0.1) is 0 Å². The summed E-state index contributed by atoms with van der Waals surface area (Å²) in [6, 6.07) is 4.58. The number of para-hydroxylation sites is 1. The van der Waals surface area contributed by atoms with Crippen molar-refractivity contribution in [1.29, 1.82) is 0 Å². The fourth-order valence-corrected chi connectivity index (χ4v) is 1.89. The van der Waals surface area contributed by atoms with Gasteiger partial charge in [-0.05, 0) is 30.2 Å². The summed E-state index contributed by atoms with van der Waals surface area (Å²) in [7, 11) is 0. The molecular formula is C16H12N2O3. The number of aliphatic imine (C=N–C) groups is 1. The van der Waals surface area contributed by atoms with Crippen LogP contribution in [0.2, 0.25) is 0 Å². The minimum absolute atomic E-state index is 0.151. The molecule has 0 aliphatic rings. The fraction of sp³-hybridized carbons (Fsp3) is 0. The number of carbonyl (C=O) groups is 1. The van der Waals surface area contributed by atoms with Gasteiger partial charge in [0.15, 0.2) is 5.88 Å². The van der Waals surface area contributed by atoms with Crippen LogP contribution in [-0.2, 0) is 0 Å². The first kappa shape index (κ1) is 8.97. The number of carboxylic acids is 1. The number of hydrogen-bond acceptors (Lipinski definition) is 3. The Morgan fingerprint density at radius 2 is 1.95 bits per heavy atom. The van der Waals surface area contributed by atoms with Gasteiger partial charge in [0, 0.05) is 17.1 Å². The molecule has 0 radical (unpaired) electrons. The number of H-pyrrole nitrogens is 1. The van der Waals surface area contributed by atoms with Crippen LogP contribution in [0.25, 0.3) is 10.9 Å². The van der Waals surface area contributed by atoms with E-state index in [4.69, 9.17) is 10.6 Å². The monoisotopic (exact) mass is 284 g/mol. The molecule has 0 amide bonds. The van der Waals surface area contributed by atoms with Gasteiger partial charge < -0.3 is 15.2 Å². The maximum Gasteiger partial charge on any atom is 0.335 e. The van der Waals surface area contributed by atoms with Gasteiger partial charge in [-0.15, -0.1) is 0 Å². The van der Waals surface area contributed by atoms with Crippen molar-refractivity contribution in [3.63, 3.8) is 0 Å². The number of carboxylic acid groups (broad SMARTS) is 1. The molecule has 0 saturated carbocycles. The van der Waals surface area contributed by atoms with Crippen LogP contribution in [0.4, 0.5) is 5.69 Å². The van der Waals surface area contributed by atoms with Crippen molar-refractivity contribution in [3.8, 4) is 5.88 Å². The second-order valence-corrected chi connectivity index (χ2v) is 4.22. The average molecular weight is 284 g/mol. The predicted molar refractivity (Wildman–Crippen MR) is 80.6 cm³/mol. The number of nitrogens with one attached hydrogen (secondary N) is 1. The lowest BCUT2D eigenvalue weighted by molar-refractivity contribution is 0.0697. The standard InChI is InChI=1S/C16H12N2O3/c19-15-13(12-3-1-2-4-14(12)18-15)9-17-11-7-5-10(6-8-11)16(20)21/h1-9,18-19H,(H,20,21)/i5D,6D,7D,8D. The first-order valence-corrected chi connectivity index (χ1v) is 6.00. The molecule has 3 rings (SSSR count). The van der Waals surface area contributed by atoms with Crippen molar-refractivity contribution in [2.24, 2.45) is 4.99 Å². The largest absolute Gasteiger partial charge is 0.494 e. The van der Waals surface area contributed by atoms with Gasteiger partial charge in [-0.2, -0.15) is 0 Å². The Balaban J connectivity index is 2.16. The molecule has 1 heterocycles. The Labute approximate surface area is 125 Å². The molecule has 5 heteroatoms. The van der Waals surface area contributed by atoms with Crippen LogP contribution in [0.15, 0.2) is 53.4 Å². The first-order chi connectivity index (χ1) is 11.8. The Hall–Kier alpha value is -3.08. The smallest absolute Gasteiger partial charge is 0.335 e. The van der Waals surface area contributed by atoms with Crippen LogP contribution in [0.5, 0.6) is 5.88 Å². The lowest BCUT2D eigenvalue weighted by atomic mass is 10.2. The molecule has 0 saturated heterocycles. The third kappa shape index (κ3) is 2.49. The molecular weight excluding hydrogens is 268 g/mol. The Kier molecular flexibility index (Phi) is 2.19. The third-order valence-corrected chi connectivity index (χ3v) is 2.87. The zero-order chi connectivity index (χ0) is 18.3. The normalized spacial score (nSPS) is 13.9. The molecule has 0 atom stereocenters. The molecule has 0 spiro atoms. The van der Waals surface area contributed by atoms with E-state index < -0.39 is 35.7 Å². The molecule has 0 fully saturated rings. The molecule has 0 aliphatic heterocycles. The summed E-state index contributed by atoms with van der Waals surface area (Å²) in [4.78, 5) is 17.8. The van der Waals surface area contributed by atoms with E-state index in [-0.39, 0.29) is 11.6 Å². The van der Waals surface area contributed by atoms with E-state index in [1.54, 1.807) is 24.3 Å². The fourth-order valence-electron chi connectivity index (χ4n) is 1.89. The molecule has 0 unspecified atom stereocenters. The third-order valence-electron chi connectivity index (χ3n) is 2.87. The van der Waals surface area contributed by atoms with Crippen LogP contribution in [0.3, 0.4) is 0 Å². The summed E-state index contributed by atoms with van der Waals surface area (Å²) in [6.07, 6.45) is 1.22. The summed E-state index contributed by atoms with van der Waals surface area (Å²) in [5.74, 6) is -1.69. The molecule has 0 bridgehead atoms. The quantitative estimate of drug-likeness (QED) is 0.645. The van der Waals surface area contributed by atoms with E-state index >= 15 is 0 Å². The number of fused-ring (bicyclic) bond motifs is 1. The van der Waals surface area contributed by atoms with Crippen LogP contribution < -0.4 is 0 Å². The van der Waals surface area contributed by atoms with Crippen molar-refractivity contribution in [1.82, 2.24) is 4.98 Å². The Bertz CT molecular complexity index is 1010. The van der Waals surface area contributed by atoms with E-state index in [2.05, 4.69) is 9.98 Å². The number of benzene rings is 2. The highest BCUT2D eigenvalue weighted by molar-refractivity contribution is 6.02. The second kappa shape index (κ2) is 5.13. The van der Waals surface area contributed by atoms with Gasteiger partial charge in [-0.1, -0.05) is 18.2 Å². The topological polar surface area (TPSA) is 85.7 Å². The number of aromatic carboxylic acids is 1. The summed E-state index contributed by atoms with van der Waals surface area (Å²) >= 11 is 0. The van der Waals surface area contributed by atoms with Gasteiger partial charge in [0.1, 0.15) is 0 Å². The molecule has 104 valence electrons. The van der Waals surface area contributed by atoms with E-state index in [9.17, 15) is 9.90 Å². The highest BCUT2D eigenvalue weighted by atomic mass is 16.4. The van der Waals surface area contributed by atoms with Gasteiger partial charge in [0.2, 0.25) is 0 Å². The van der Waals surface area contributed by atoms with Crippen molar-refractivity contribution >= 4 is 28.8 Å². The number of hydrogen-bond donors (Lipinski definition) is 3. The van der Waals surface area contributed by atoms with E-state index in [0.717, 1.165) is 0 Å². The Morgan fingerprint density at radius 1 is 1.24 bits per heavy atom. The number of aromatic hydroxyl groups is 1. The number of aromatic nitrogens is 1. The first-order valence-electron chi connectivity index (χ1n) is 8.00. The van der Waals surface area contributed by atoms with Crippen LogP contribution >= 0.6 is 0 Å². The maximum absolute atomic E-state index is 11.1. The van der Waals surface area contributed by atoms with E-state index in [1.807, 2.05) is 0 Å². The zero-order valence-electron chi connectivity index (χ0n) is 14.6. The number of rotatable bonds is 3. The van der Waals surface area contributed by atoms with Gasteiger partial charge >= 0.3 is 5.97 Å². The van der Waals surface area contributed by atoms with Gasteiger partial charge in [-0.3, -0.25) is 4.99 Å². The average Bonchev–Trinajstić information content (AvgIpc) is 2.88. The minimum atomic E-state index is -1.54. The predicted octanol–water partition coefficient (Wildman–Crippen LogP) is 3.32. The second-order valence-electron chi connectivity index (χ2n) is 4.22. The van der Waals surface area contributed by atoms with E-state index in [0.29, 0.717) is 16.5 Å². The SMILES string of the molecule is [2H]c1c([2H])c(C(=O)O)c([2H])c([2H])c1N=Cc1c(O)[nH]c2ccccc12. The van der Waals surface area contributed by atoms with Crippen molar-refractivity contribution in [2.75, 3.05) is 0 Å². The number of aromatic amines is 1. The summed E-state index contributed by atoms with van der Waals surface area (Å²) in [6.45, 7) is 0. The molecule has 21 heavy (non-hydrogen) atoms. The van der Waals surface area contributed by atoms with Crippen LogP contribution in [0.1, 0.15) is 21.4 Å². The zero-order valence-corrected chi connectivity index (χ0v) is 10.6. The molecule has 0 aliphatic carbocycles. The van der Waals surface area contributed by atoms with Crippen molar-refractivity contribution < 1.29 is 20.5 Å². The lowest BCUT2D eigenvalue weighted by Gasteiger charge is -1.96. The highest BCUT2D eigenvalue weighted by Crippen LogP contribution is 2.26. The molecule has 1 aromatic heterocycles. The van der Waals surface area contributed by atoms with Crippen molar-refractivity contribution in [2.45, 2.75) is 0 Å². The summed E-state index contributed by atoms with van der Waals surface area (Å²) < 4.78 is 31.2. The summed E-state index contributed by atoms with van der Waals surface area (Å²) in [5.41, 5.74) is -0.00873. The highest BCUT2D eigenvalue weighted by Gasteiger charge is 2.07. The molecule has 3 aromatic rings. The van der Waals surface area contributed by atoms with Gasteiger partial charge in [0.25, 0.3) is 0 Å². The number of nitrogens with zero attached hydrogens (tertiary/aromatic N) is 1. The molecule has 5 nitrogen and oxygen atoms in total.